The maximum atomic E-state index is 12.9. The quantitative estimate of drug-likeness (QED) is 0.651. The molecule has 0 bridgehead atoms. The summed E-state index contributed by atoms with van der Waals surface area (Å²) in [4.78, 5) is 13.8. The van der Waals surface area contributed by atoms with E-state index in [1.54, 1.807) is 42.4 Å². The number of rotatable bonds is 4. The van der Waals surface area contributed by atoms with E-state index in [4.69, 9.17) is 16.3 Å². The van der Waals surface area contributed by atoms with Gasteiger partial charge in [0.1, 0.15) is 5.75 Å². The predicted octanol–water partition coefficient (Wildman–Crippen LogP) is 3.94. The van der Waals surface area contributed by atoms with E-state index in [-0.39, 0.29) is 11.7 Å². The van der Waals surface area contributed by atoms with Crippen molar-refractivity contribution < 1.29 is 14.6 Å². The molecule has 1 aliphatic rings. The molecule has 4 rings (SSSR count). The lowest BCUT2D eigenvalue weighted by atomic mass is 10.1. The third-order valence-electron chi connectivity index (χ3n) is 4.32. The van der Waals surface area contributed by atoms with E-state index in [1.807, 2.05) is 18.2 Å². The molecule has 0 saturated carbocycles. The number of carbonyl (C=O) groups excluding carboxylic acids is 1. The molecule has 0 atom stereocenters. The van der Waals surface area contributed by atoms with Gasteiger partial charge in [-0.1, -0.05) is 17.7 Å². The zero-order chi connectivity index (χ0) is 19.5. The largest absolute Gasteiger partial charge is 0.507 e. The maximum Gasteiger partial charge on any atom is 0.278 e. The molecule has 0 amide bonds. The van der Waals surface area contributed by atoms with E-state index in [1.165, 1.54) is 10.7 Å². The summed E-state index contributed by atoms with van der Waals surface area (Å²) in [7, 11) is 0. The molecule has 3 aromatic rings. The van der Waals surface area contributed by atoms with Crippen molar-refractivity contribution in [2.24, 2.45) is 0 Å². The van der Waals surface area contributed by atoms with E-state index in [9.17, 15) is 9.90 Å². The molecule has 6 nitrogen and oxygen atoms in total. The Balaban J connectivity index is 1.54. The van der Waals surface area contributed by atoms with Crippen molar-refractivity contribution in [1.82, 2.24) is 14.1 Å². The molecule has 1 aromatic heterocycles. The van der Waals surface area contributed by atoms with Crippen LogP contribution >= 0.6 is 23.5 Å². The lowest BCUT2D eigenvalue weighted by Gasteiger charge is -2.25. The Hall–Kier alpha value is -2.32. The van der Waals surface area contributed by atoms with Gasteiger partial charge in [0.2, 0.25) is 0 Å². The monoisotopic (exact) mass is 415 g/mol. The number of aromatic hydroxyl groups is 1. The first-order valence-electron chi connectivity index (χ1n) is 8.80. The van der Waals surface area contributed by atoms with Crippen molar-refractivity contribution in [2.45, 2.75) is 4.90 Å². The van der Waals surface area contributed by atoms with Crippen LogP contribution in [0.2, 0.25) is 5.02 Å². The minimum Gasteiger partial charge on any atom is -0.507 e. The number of halogens is 1. The highest BCUT2D eigenvalue weighted by atomic mass is 35.5. The third kappa shape index (κ3) is 4.23. The van der Waals surface area contributed by atoms with Gasteiger partial charge in [0.15, 0.2) is 0 Å². The van der Waals surface area contributed by atoms with Crippen LogP contribution in [0.15, 0.2) is 59.6 Å². The van der Waals surface area contributed by atoms with Gasteiger partial charge in [0.25, 0.3) is 5.91 Å². The van der Waals surface area contributed by atoms with Crippen molar-refractivity contribution in [1.29, 1.82) is 0 Å². The van der Waals surface area contributed by atoms with Crippen molar-refractivity contribution in [3.8, 4) is 17.0 Å². The first kappa shape index (κ1) is 19.0. The normalized spacial score (nSPS) is 14.9. The van der Waals surface area contributed by atoms with Gasteiger partial charge in [0, 0.05) is 40.3 Å². The van der Waals surface area contributed by atoms with Crippen LogP contribution in [-0.4, -0.2) is 51.4 Å². The molecule has 1 fully saturated rings. The molecular formula is C20H18ClN3O3S. The molecule has 0 spiro atoms. The van der Waals surface area contributed by atoms with Crippen LogP contribution in [0.1, 0.15) is 10.4 Å². The highest BCUT2D eigenvalue weighted by Gasteiger charge is 2.16. The number of ether oxygens (including phenoxy) is 1. The Kier molecular flexibility index (Phi) is 5.68. The van der Waals surface area contributed by atoms with Crippen LogP contribution in [0.25, 0.3) is 11.3 Å². The third-order valence-corrected chi connectivity index (χ3v) is 5.64. The smallest absolute Gasteiger partial charge is 0.278 e. The Morgan fingerprint density at radius 3 is 2.79 bits per heavy atom. The summed E-state index contributed by atoms with van der Waals surface area (Å²) in [6, 6.07) is 13.9. The van der Waals surface area contributed by atoms with E-state index < -0.39 is 0 Å². The van der Waals surface area contributed by atoms with Crippen LogP contribution in [0.3, 0.4) is 0 Å². The highest BCUT2D eigenvalue weighted by molar-refractivity contribution is 7.97. The number of phenols is 1. The standard InChI is InChI=1S/C20H18ClN3O3S/c21-15-4-5-19(25)17(13-15)18-6-7-24(22-18)20(26)14-2-1-3-16(12-14)28-23-8-10-27-11-9-23/h1-7,12-13,25H,8-11H2. The minimum atomic E-state index is -0.239. The summed E-state index contributed by atoms with van der Waals surface area (Å²) >= 11 is 7.62. The molecule has 8 heteroatoms. The molecule has 144 valence electrons. The summed E-state index contributed by atoms with van der Waals surface area (Å²) in [6.07, 6.45) is 1.58. The number of morpholine rings is 1. The van der Waals surface area contributed by atoms with Crippen LogP contribution in [0.5, 0.6) is 5.75 Å². The summed E-state index contributed by atoms with van der Waals surface area (Å²) in [5.74, 6) is -0.178. The lowest BCUT2D eigenvalue weighted by molar-refractivity contribution is 0.0773. The summed E-state index contributed by atoms with van der Waals surface area (Å²) in [5.41, 5.74) is 1.51. The van der Waals surface area contributed by atoms with Crippen molar-refractivity contribution in [3.63, 3.8) is 0 Å². The summed E-state index contributed by atoms with van der Waals surface area (Å²) in [6.45, 7) is 3.15. The van der Waals surface area contributed by atoms with Crippen LogP contribution in [-0.2, 0) is 4.74 Å². The Bertz CT molecular complexity index is 1000. The predicted molar refractivity (Wildman–Crippen MR) is 109 cm³/mol. The van der Waals surface area contributed by atoms with Gasteiger partial charge in [-0.15, -0.1) is 0 Å². The van der Waals surface area contributed by atoms with E-state index in [2.05, 4.69) is 9.40 Å². The average molecular weight is 416 g/mol. The zero-order valence-electron chi connectivity index (χ0n) is 14.9. The van der Waals surface area contributed by atoms with Crippen molar-refractivity contribution in [3.05, 3.63) is 65.3 Å². The second-order valence-electron chi connectivity index (χ2n) is 6.27. The first-order chi connectivity index (χ1) is 13.6. The number of nitrogens with zero attached hydrogens (tertiary/aromatic N) is 3. The fraction of sp³-hybridized carbons (Fsp3) is 0.200. The van der Waals surface area contributed by atoms with Gasteiger partial charge in [-0.3, -0.25) is 4.79 Å². The number of phenolic OH excluding ortho intramolecular Hbond substituents is 1. The van der Waals surface area contributed by atoms with Gasteiger partial charge < -0.3 is 9.84 Å². The van der Waals surface area contributed by atoms with Crippen molar-refractivity contribution >= 4 is 29.5 Å². The molecule has 1 aliphatic heterocycles. The lowest BCUT2D eigenvalue weighted by Crippen LogP contribution is -2.30. The van der Waals surface area contributed by atoms with Crippen LogP contribution in [0.4, 0.5) is 0 Å². The molecule has 0 radical (unpaired) electrons. The Morgan fingerprint density at radius 2 is 1.96 bits per heavy atom. The fourth-order valence-electron chi connectivity index (χ4n) is 2.90. The van der Waals surface area contributed by atoms with Crippen LogP contribution < -0.4 is 0 Å². The minimum absolute atomic E-state index is 0.0611. The number of carbonyl (C=O) groups is 1. The van der Waals surface area contributed by atoms with Gasteiger partial charge in [0.05, 0.1) is 18.9 Å². The topological polar surface area (TPSA) is 67.6 Å². The molecule has 0 aliphatic carbocycles. The second-order valence-corrected chi connectivity index (χ2v) is 7.88. The fourth-order valence-corrected chi connectivity index (χ4v) is 4.02. The molecular weight excluding hydrogens is 398 g/mol. The number of hydrogen-bond acceptors (Lipinski definition) is 6. The second kappa shape index (κ2) is 8.36. The van der Waals surface area contributed by atoms with E-state index in [0.717, 1.165) is 31.2 Å². The number of aromatic nitrogens is 2. The van der Waals surface area contributed by atoms with E-state index >= 15 is 0 Å². The van der Waals surface area contributed by atoms with Crippen LogP contribution in [0, 0.1) is 0 Å². The molecule has 28 heavy (non-hydrogen) atoms. The Labute approximate surface area is 171 Å². The van der Waals surface area contributed by atoms with E-state index in [0.29, 0.717) is 21.8 Å². The number of benzene rings is 2. The van der Waals surface area contributed by atoms with Gasteiger partial charge in [-0.2, -0.15) is 5.10 Å². The van der Waals surface area contributed by atoms with Crippen molar-refractivity contribution in [2.75, 3.05) is 26.3 Å². The molecule has 1 N–H and O–H groups in total. The highest BCUT2D eigenvalue weighted by Crippen LogP contribution is 2.30. The SMILES string of the molecule is O=C(c1cccc(SN2CCOCC2)c1)n1ccc(-c2cc(Cl)ccc2O)n1. The van der Waals surface area contributed by atoms with Gasteiger partial charge >= 0.3 is 0 Å². The molecule has 1 saturated heterocycles. The summed E-state index contributed by atoms with van der Waals surface area (Å²) in [5, 5.41) is 14.8. The van der Waals surface area contributed by atoms with Gasteiger partial charge in [-0.05, 0) is 54.4 Å². The Morgan fingerprint density at radius 1 is 1.14 bits per heavy atom. The molecule has 2 aromatic carbocycles. The first-order valence-corrected chi connectivity index (χ1v) is 9.95. The number of hydrogen-bond donors (Lipinski definition) is 1. The average Bonchev–Trinajstić information content (AvgIpc) is 3.20. The molecule has 0 unspecified atom stereocenters. The maximum absolute atomic E-state index is 12.9. The zero-order valence-corrected chi connectivity index (χ0v) is 16.5. The summed E-state index contributed by atoms with van der Waals surface area (Å²) < 4.78 is 8.86. The molecule has 2 heterocycles. The van der Waals surface area contributed by atoms with Gasteiger partial charge in [-0.25, -0.2) is 8.99 Å².